The minimum atomic E-state index is 0.729. The second-order valence-electron chi connectivity index (χ2n) is 8.33. The summed E-state index contributed by atoms with van der Waals surface area (Å²) in [6.45, 7) is 2.03. The first-order valence-corrected chi connectivity index (χ1v) is 12.6. The molecule has 5 nitrogen and oxygen atoms in total. The molecule has 5 aromatic rings. The van der Waals surface area contributed by atoms with Gasteiger partial charge in [-0.3, -0.25) is 0 Å². The van der Waals surface area contributed by atoms with Crippen LogP contribution in [0.1, 0.15) is 12.8 Å². The summed E-state index contributed by atoms with van der Waals surface area (Å²) in [5.74, 6) is 1.72. The van der Waals surface area contributed by atoms with Crippen LogP contribution in [0.2, 0.25) is 5.02 Å². The molecule has 1 saturated heterocycles. The Morgan fingerprint density at radius 3 is 2.18 bits per heavy atom. The van der Waals surface area contributed by atoms with E-state index in [9.17, 15) is 0 Å². The van der Waals surface area contributed by atoms with Gasteiger partial charge in [-0.15, -0.1) is 11.3 Å². The molecule has 0 atom stereocenters. The first kappa shape index (κ1) is 21.1. The number of fused-ring (bicyclic) bond motifs is 1. The largest absolute Gasteiger partial charge is 0.354 e. The van der Waals surface area contributed by atoms with Gasteiger partial charge in [0.1, 0.15) is 5.01 Å². The zero-order valence-corrected chi connectivity index (χ0v) is 20.0. The third kappa shape index (κ3) is 4.22. The zero-order valence-electron chi connectivity index (χ0n) is 18.4. The van der Waals surface area contributed by atoms with E-state index in [1.165, 1.54) is 12.8 Å². The number of anilines is 3. The van der Waals surface area contributed by atoms with Crippen molar-refractivity contribution in [2.24, 2.45) is 0 Å². The minimum Gasteiger partial charge on any atom is -0.354 e. The number of nitrogens with zero attached hydrogens (tertiary/aromatic N) is 4. The quantitative estimate of drug-likeness (QED) is 0.282. The van der Waals surface area contributed by atoms with Crippen LogP contribution in [0.15, 0.2) is 78.2 Å². The predicted molar refractivity (Wildman–Crippen MR) is 142 cm³/mol. The number of hydrogen-bond donors (Lipinski definition) is 1. The molecule has 0 aliphatic carbocycles. The Morgan fingerprint density at radius 2 is 1.44 bits per heavy atom. The van der Waals surface area contributed by atoms with Crippen LogP contribution in [-0.4, -0.2) is 28.0 Å². The van der Waals surface area contributed by atoms with Crippen molar-refractivity contribution in [1.82, 2.24) is 15.0 Å². The molecule has 1 N–H and O–H groups in total. The fourth-order valence-electron chi connectivity index (χ4n) is 4.22. The van der Waals surface area contributed by atoms with Crippen molar-refractivity contribution in [1.29, 1.82) is 0 Å². The average Bonchev–Trinajstić information content (AvgIpc) is 3.58. The van der Waals surface area contributed by atoms with E-state index in [0.717, 1.165) is 68.3 Å². The number of para-hydroxylation sites is 2. The molecule has 1 fully saturated rings. The van der Waals surface area contributed by atoms with Crippen molar-refractivity contribution in [2.75, 3.05) is 23.3 Å². The Balaban J connectivity index is 1.27. The highest BCUT2D eigenvalue weighted by Gasteiger charge is 2.19. The van der Waals surface area contributed by atoms with E-state index in [0.29, 0.717) is 0 Å². The van der Waals surface area contributed by atoms with Gasteiger partial charge in [0.2, 0.25) is 0 Å². The molecule has 0 saturated carbocycles. The molecule has 0 spiro atoms. The van der Waals surface area contributed by atoms with Gasteiger partial charge in [-0.2, -0.15) is 0 Å². The molecule has 2 aromatic heterocycles. The molecule has 0 radical (unpaired) electrons. The summed E-state index contributed by atoms with van der Waals surface area (Å²) < 4.78 is 0. The number of nitrogens with one attached hydrogen (secondary N) is 1. The lowest BCUT2D eigenvalue weighted by Crippen LogP contribution is -2.21. The predicted octanol–water partition coefficient (Wildman–Crippen LogP) is 7.42. The Bertz CT molecular complexity index is 1440. The Hall–Kier alpha value is -3.48. The van der Waals surface area contributed by atoms with Crippen LogP contribution in [0.25, 0.3) is 32.9 Å². The zero-order chi connectivity index (χ0) is 22.9. The van der Waals surface area contributed by atoms with Gasteiger partial charge in [0.25, 0.3) is 0 Å². The fourth-order valence-corrected chi connectivity index (χ4v) is 5.18. The van der Waals surface area contributed by atoms with E-state index in [-0.39, 0.29) is 0 Å². The van der Waals surface area contributed by atoms with Crippen molar-refractivity contribution in [3.05, 3.63) is 83.2 Å². The summed E-state index contributed by atoms with van der Waals surface area (Å²) in [5, 5.41) is 7.31. The number of benzene rings is 3. The topological polar surface area (TPSA) is 53.9 Å². The second kappa shape index (κ2) is 9.05. The van der Waals surface area contributed by atoms with Gasteiger partial charge in [-0.05, 0) is 49.2 Å². The molecule has 0 unspecified atom stereocenters. The number of thiazole rings is 1. The molecule has 34 heavy (non-hydrogen) atoms. The summed E-state index contributed by atoms with van der Waals surface area (Å²) in [6.07, 6.45) is 2.38. The van der Waals surface area contributed by atoms with E-state index in [2.05, 4.69) is 39.9 Å². The highest BCUT2D eigenvalue weighted by molar-refractivity contribution is 7.13. The molecule has 3 aromatic carbocycles. The molecule has 3 heterocycles. The fraction of sp³-hybridized carbons (Fsp3) is 0.148. The maximum Gasteiger partial charge on any atom is 0.174 e. The van der Waals surface area contributed by atoms with Gasteiger partial charge >= 0.3 is 0 Å². The molecule has 0 amide bonds. The Morgan fingerprint density at radius 1 is 0.765 bits per heavy atom. The van der Waals surface area contributed by atoms with Crippen LogP contribution in [0.4, 0.5) is 17.3 Å². The van der Waals surface area contributed by atoms with Crippen molar-refractivity contribution in [3.63, 3.8) is 0 Å². The van der Waals surface area contributed by atoms with E-state index < -0.39 is 0 Å². The van der Waals surface area contributed by atoms with E-state index in [4.69, 9.17) is 26.6 Å². The van der Waals surface area contributed by atoms with Gasteiger partial charge in [0.05, 0.1) is 16.7 Å². The minimum absolute atomic E-state index is 0.729. The van der Waals surface area contributed by atoms with Crippen LogP contribution in [0.5, 0.6) is 0 Å². The first-order chi connectivity index (χ1) is 16.7. The molecule has 6 rings (SSSR count). The SMILES string of the molecule is Clc1ccc(-c2nc(-c3ccc(Nc4nc5ccccc5nc4N4CCCC4)cc3)cs2)cc1. The van der Waals surface area contributed by atoms with E-state index in [1.807, 2.05) is 48.5 Å². The summed E-state index contributed by atoms with van der Waals surface area (Å²) >= 11 is 7.65. The molecule has 1 aliphatic rings. The molecule has 168 valence electrons. The van der Waals surface area contributed by atoms with Crippen LogP contribution < -0.4 is 10.2 Å². The van der Waals surface area contributed by atoms with Crippen LogP contribution in [0.3, 0.4) is 0 Å². The van der Waals surface area contributed by atoms with Gasteiger partial charge < -0.3 is 10.2 Å². The number of hydrogen-bond acceptors (Lipinski definition) is 6. The van der Waals surface area contributed by atoms with Gasteiger partial charge in [-0.1, -0.05) is 48.0 Å². The summed E-state index contributed by atoms with van der Waals surface area (Å²) in [7, 11) is 0. The van der Waals surface area contributed by atoms with Crippen molar-refractivity contribution in [2.45, 2.75) is 12.8 Å². The summed E-state index contributed by atoms with van der Waals surface area (Å²) in [5.41, 5.74) is 5.90. The summed E-state index contributed by atoms with van der Waals surface area (Å²) in [4.78, 5) is 17.0. The van der Waals surface area contributed by atoms with Crippen LogP contribution in [0, 0.1) is 0 Å². The van der Waals surface area contributed by atoms with Crippen LogP contribution in [-0.2, 0) is 0 Å². The standard InChI is InChI=1S/C27H22ClN5S/c28-20-11-7-19(8-12-20)27-32-24(17-34-27)18-9-13-21(14-10-18)29-25-26(33-15-3-4-16-33)31-23-6-2-1-5-22(23)30-25/h1-2,5-14,17H,3-4,15-16H2,(H,29,30). The van der Waals surface area contributed by atoms with Gasteiger partial charge in [-0.25, -0.2) is 15.0 Å². The Labute approximate surface area is 207 Å². The van der Waals surface area contributed by atoms with Crippen molar-refractivity contribution >= 4 is 51.3 Å². The molecule has 7 heteroatoms. The molecule has 0 bridgehead atoms. The van der Waals surface area contributed by atoms with E-state index >= 15 is 0 Å². The molecular formula is C27H22ClN5S. The van der Waals surface area contributed by atoms with Crippen molar-refractivity contribution in [3.8, 4) is 21.8 Å². The van der Waals surface area contributed by atoms with E-state index in [1.54, 1.807) is 11.3 Å². The average molecular weight is 484 g/mol. The second-order valence-corrected chi connectivity index (χ2v) is 9.62. The third-order valence-corrected chi connectivity index (χ3v) is 7.14. The normalized spacial score (nSPS) is 13.5. The number of rotatable bonds is 5. The highest BCUT2D eigenvalue weighted by Crippen LogP contribution is 2.32. The Kier molecular flexibility index (Phi) is 5.61. The maximum atomic E-state index is 6.01. The number of aromatic nitrogens is 3. The van der Waals surface area contributed by atoms with Crippen molar-refractivity contribution < 1.29 is 0 Å². The smallest absolute Gasteiger partial charge is 0.174 e. The van der Waals surface area contributed by atoms with Crippen LogP contribution >= 0.6 is 22.9 Å². The third-order valence-electron chi connectivity index (χ3n) is 6.00. The lowest BCUT2D eigenvalue weighted by Gasteiger charge is -2.20. The highest BCUT2D eigenvalue weighted by atomic mass is 35.5. The molecule has 1 aliphatic heterocycles. The number of halogens is 1. The maximum absolute atomic E-state index is 6.01. The summed E-state index contributed by atoms with van der Waals surface area (Å²) in [6, 6.07) is 24.1. The van der Waals surface area contributed by atoms with Gasteiger partial charge in [0.15, 0.2) is 11.6 Å². The van der Waals surface area contributed by atoms with Gasteiger partial charge in [0, 0.05) is 40.3 Å². The monoisotopic (exact) mass is 483 g/mol. The molecular weight excluding hydrogens is 462 g/mol. The lowest BCUT2D eigenvalue weighted by molar-refractivity contribution is 0.939. The lowest BCUT2D eigenvalue weighted by atomic mass is 10.1. The first-order valence-electron chi connectivity index (χ1n) is 11.3.